The Balaban J connectivity index is 1.58. The molecule has 0 spiro atoms. The van der Waals surface area contributed by atoms with Crippen LogP contribution in [0.3, 0.4) is 0 Å². The highest BCUT2D eigenvalue weighted by Crippen LogP contribution is 2.33. The van der Waals surface area contributed by atoms with Gasteiger partial charge >= 0.3 is 0 Å². The summed E-state index contributed by atoms with van der Waals surface area (Å²) in [6.07, 6.45) is 4.26. The van der Waals surface area contributed by atoms with Gasteiger partial charge in [-0.1, -0.05) is 18.2 Å². The average Bonchev–Trinajstić information content (AvgIpc) is 3.44. The molecule has 5 aromatic rings. The number of hydrogen-bond donors (Lipinski definition) is 2. The van der Waals surface area contributed by atoms with E-state index in [1.54, 1.807) is 61.8 Å². The van der Waals surface area contributed by atoms with Gasteiger partial charge in [0.2, 0.25) is 5.95 Å². The van der Waals surface area contributed by atoms with E-state index in [9.17, 15) is 13.5 Å². The molecule has 11 heteroatoms. The predicted octanol–water partition coefficient (Wildman–Crippen LogP) is 3.23. The zero-order valence-corrected chi connectivity index (χ0v) is 20.8. The molecule has 4 aromatic heterocycles. The van der Waals surface area contributed by atoms with Crippen LogP contribution in [0.5, 0.6) is 0 Å². The molecule has 1 aromatic carbocycles. The van der Waals surface area contributed by atoms with Gasteiger partial charge in [-0.05, 0) is 44.2 Å². The smallest absolute Gasteiger partial charge is 0.269 e. The summed E-state index contributed by atoms with van der Waals surface area (Å²) in [6.45, 7) is 3.90. The van der Waals surface area contributed by atoms with E-state index in [4.69, 9.17) is 4.98 Å². The van der Waals surface area contributed by atoms with Gasteiger partial charge in [-0.3, -0.25) is 0 Å². The van der Waals surface area contributed by atoms with E-state index in [0.29, 0.717) is 34.9 Å². The Morgan fingerprint density at radius 3 is 2.61 bits per heavy atom. The second kappa shape index (κ2) is 9.17. The zero-order chi connectivity index (χ0) is 25.4. The molecule has 0 saturated carbocycles. The SMILES string of the molecule is Cc1nc(-c2ccnc(NC[C@H](C)O)n2)c(-c2cnc3c(ccn3S(=O)(=O)c3ccccc3)c2)n1C. The molecule has 0 saturated heterocycles. The van der Waals surface area contributed by atoms with Crippen molar-refractivity contribution in [1.29, 1.82) is 0 Å². The lowest BCUT2D eigenvalue weighted by atomic mass is 10.1. The number of benzene rings is 1. The molecule has 0 amide bonds. The number of aromatic nitrogens is 6. The Hall–Kier alpha value is -4.09. The predicted molar refractivity (Wildman–Crippen MR) is 137 cm³/mol. The first-order chi connectivity index (χ1) is 17.3. The molecule has 36 heavy (non-hydrogen) atoms. The fourth-order valence-corrected chi connectivity index (χ4v) is 5.29. The molecule has 0 unspecified atom stereocenters. The van der Waals surface area contributed by atoms with Gasteiger partial charge in [0.15, 0.2) is 5.65 Å². The summed E-state index contributed by atoms with van der Waals surface area (Å²) in [7, 11) is -1.87. The number of rotatable bonds is 7. The Morgan fingerprint density at radius 2 is 1.86 bits per heavy atom. The van der Waals surface area contributed by atoms with Crippen LogP contribution in [-0.4, -0.2) is 54.6 Å². The molecule has 0 fully saturated rings. The Morgan fingerprint density at radius 1 is 1.08 bits per heavy atom. The Kier molecular flexibility index (Phi) is 6.02. The van der Waals surface area contributed by atoms with E-state index in [1.807, 2.05) is 24.6 Å². The van der Waals surface area contributed by atoms with Crippen molar-refractivity contribution >= 4 is 27.0 Å². The molecular weight excluding hydrogens is 478 g/mol. The highest BCUT2D eigenvalue weighted by atomic mass is 32.2. The standard InChI is InChI=1S/C25H25N7O3S/c1-16(33)14-28-25-26-11-9-21(30-25)22-23(31(3)17(2)29-22)19-13-18-10-12-32(24(18)27-15-19)36(34,35)20-7-5-4-6-8-20/h4-13,15-16,33H,14H2,1-3H3,(H,26,28,30)/t16-/m0/s1. The third kappa shape index (κ3) is 4.23. The first-order valence-corrected chi connectivity index (χ1v) is 12.8. The van der Waals surface area contributed by atoms with Crippen molar-refractivity contribution in [2.24, 2.45) is 7.05 Å². The summed E-state index contributed by atoms with van der Waals surface area (Å²) >= 11 is 0. The first-order valence-electron chi connectivity index (χ1n) is 11.3. The topological polar surface area (TPSA) is 128 Å². The molecule has 2 N–H and O–H groups in total. The molecule has 1 atom stereocenters. The van der Waals surface area contributed by atoms with Crippen LogP contribution in [0.25, 0.3) is 33.7 Å². The van der Waals surface area contributed by atoms with Gasteiger partial charge in [0.25, 0.3) is 10.0 Å². The number of aliphatic hydroxyl groups excluding tert-OH is 1. The fraction of sp³-hybridized carbons (Fsp3) is 0.200. The molecule has 4 heterocycles. The van der Waals surface area contributed by atoms with Crippen LogP contribution in [0.1, 0.15) is 12.7 Å². The van der Waals surface area contributed by atoms with Crippen LogP contribution < -0.4 is 5.32 Å². The highest BCUT2D eigenvalue weighted by molar-refractivity contribution is 7.90. The molecule has 0 aliphatic carbocycles. The highest BCUT2D eigenvalue weighted by Gasteiger charge is 2.22. The number of nitrogens with zero attached hydrogens (tertiary/aromatic N) is 6. The first kappa shape index (κ1) is 23.6. The maximum absolute atomic E-state index is 13.2. The third-order valence-corrected chi connectivity index (χ3v) is 7.52. The summed E-state index contributed by atoms with van der Waals surface area (Å²) in [5, 5.41) is 13.2. The van der Waals surface area contributed by atoms with E-state index in [-0.39, 0.29) is 4.90 Å². The zero-order valence-electron chi connectivity index (χ0n) is 20.0. The maximum Gasteiger partial charge on any atom is 0.269 e. The summed E-state index contributed by atoms with van der Waals surface area (Å²) in [5.74, 6) is 1.17. The second-order valence-electron chi connectivity index (χ2n) is 8.48. The molecule has 5 rings (SSSR count). The second-order valence-corrected chi connectivity index (χ2v) is 10.3. The number of anilines is 1. The molecule has 0 bridgehead atoms. The normalized spacial score (nSPS) is 12.7. The van der Waals surface area contributed by atoms with E-state index >= 15 is 0 Å². The average molecular weight is 504 g/mol. The van der Waals surface area contributed by atoms with Gasteiger partial charge in [0, 0.05) is 43.1 Å². The number of aliphatic hydroxyl groups is 1. The minimum absolute atomic E-state index is 0.196. The van der Waals surface area contributed by atoms with Crippen LogP contribution >= 0.6 is 0 Å². The van der Waals surface area contributed by atoms with Crippen molar-refractivity contribution in [2.45, 2.75) is 24.8 Å². The van der Waals surface area contributed by atoms with E-state index < -0.39 is 16.1 Å². The van der Waals surface area contributed by atoms with Crippen molar-refractivity contribution in [3.63, 3.8) is 0 Å². The number of imidazole rings is 1. The third-order valence-electron chi connectivity index (χ3n) is 5.84. The number of hydrogen-bond acceptors (Lipinski definition) is 8. The van der Waals surface area contributed by atoms with E-state index in [1.165, 1.54) is 10.2 Å². The number of aryl methyl sites for hydroxylation is 1. The summed E-state index contributed by atoms with van der Waals surface area (Å²) in [5.41, 5.74) is 3.17. The van der Waals surface area contributed by atoms with Crippen molar-refractivity contribution in [3.05, 3.63) is 72.9 Å². The molecule has 0 aliphatic heterocycles. The minimum atomic E-state index is -3.78. The lowest BCUT2D eigenvalue weighted by Crippen LogP contribution is -2.16. The quantitative estimate of drug-likeness (QED) is 0.346. The largest absolute Gasteiger partial charge is 0.392 e. The summed E-state index contributed by atoms with van der Waals surface area (Å²) in [6, 6.07) is 13.7. The maximum atomic E-state index is 13.2. The number of pyridine rings is 1. The van der Waals surface area contributed by atoms with Gasteiger partial charge in [0.05, 0.1) is 22.4 Å². The van der Waals surface area contributed by atoms with Crippen LogP contribution in [0.15, 0.2) is 72.0 Å². The number of nitrogens with one attached hydrogen (secondary N) is 1. The van der Waals surface area contributed by atoms with Crippen molar-refractivity contribution in [2.75, 3.05) is 11.9 Å². The summed E-state index contributed by atoms with van der Waals surface area (Å²) < 4.78 is 29.5. The lowest BCUT2D eigenvalue weighted by molar-refractivity contribution is 0.208. The van der Waals surface area contributed by atoms with Crippen LogP contribution in [0.2, 0.25) is 0 Å². The van der Waals surface area contributed by atoms with Gasteiger partial charge in [0.1, 0.15) is 11.5 Å². The Bertz CT molecular complexity index is 1660. The van der Waals surface area contributed by atoms with Crippen molar-refractivity contribution < 1.29 is 13.5 Å². The van der Waals surface area contributed by atoms with Crippen molar-refractivity contribution in [3.8, 4) is 22.6 Å². The molecular formula is C25H25N7O3S. The monoisotopic (exact) mass is 503 g/mol. The molecule has 0 aliphatic rings. The van der Waals surface area contributed by atoms with E-state index in [2.05, 4.69) is 20.3 Å². The molecule has 0 radical (unpaired) electrons. The van der Waals surface area contributed by atoms with Gasteiger partial charge in [-0.25, -0.2) is 32.3 Å². The fourth-order valence-electron chi connectivity index (χ4n) is 3.96. The minimum Gasteiger partial charge on any atom is -0.392 e. The van der Waals surface area contributed by atoms with Crippen LogP contribution in [-0.2, 0) is 17.1 Å². The van der Waals surface area contributed by atoms with Gasteiger partial charge < -0.3 is 15.0 Å². The van der Waals surface area contributed by atoms with Crippen molar-refractivity contribution in [1.82, 2.24) is 28.5 Å². The number of fused-ring (bicyclic) bond motifs is 1. The van der Waals surface area contributed by atoms with Crippen LogP contribution in [0, 0.1) is 6.92 Å². The summed E-state index contributed by atoms with van der Waals surface area (Å²) in [4.78, 5) is 18.2. The van der Waals surface area contributed by atoms with E-state index in [0.717, 1.165) is 17.1 Å². The lowest BCUT2D eigenvalue weighted by Gasteiger charge is -2.10. The van der Waals surface area contributed by atoms with Gasteiger partial charge in [-0.2, -0.15) is 0 Å². The van der Waals surface area contributed by atoms with Gasteiger partial charge in [-0.15, -0.1) is 0 Å². The molecule has 184 valence electrons. The Labute approximate surface area is 208 Å². The molecule has 10 nitrogen and oxygen atoms in total. The van der Waals surface area contributed by atoms with Crippen LogP contribution in [0.4, 0.5) is 5.95 Å².